The van der Waals surface area contributed by atoms with Crippen molar-refractivity contribution in [3.63, 3.8) is 0 Å². The molecule has 0 saturated carbocycles. The molecular weight excluding hydrogens is 358 g/mol. The van der Waals surface area contributed by atoms with Crippen LogP contribution in [0.25, 0.3) is 10.9 Å². The molecule has 0 amide bonds. The van der Waals surface area contributed by atoms with E-state index >= 15 is 0 Å². The number of sulfonamides is 1. The van der Waals surface area contributed by atoms with E-state index in [1.54, 1.807) is 12.1 Å². The number of fused-ring (bicyclic) bond motifs is 1. The van der Waals surface area contributed by atoms with Gasteiger partial charge in [0.05, 0.1) is 16.6 Å². The predicted octanol–water partition coefficient (Wildman–Crippen LogP) is 3.82. The summed E-state index contributed by atoms with van der Waals surface area (Å²) >= 11 is 6.15. The number of hydrogen-bond donors (Lipinski definition) is 1. The normalized spacial score (nSPS) is 12.0. The number of halogens is 1. The Morgan fingerprint density at radius 1 is 1.04 bits per heavy atom. The molecule has 25 heavy (non-hydrogen) atoms. The van der Waals surface area contributed by atoms with Gasteiger partial charge in [-0.25, -0.2) is 9.82 Å². The monoisotopic (exact) mass is 373 g/mol. The highest BCUT2D eigenvalue weighted by molar-refractivity contribution is 7.89. The van der Waals surface area contributed by atoms with Crippen LogP contribution in [0.1, 0.15) is 16.7 Å². The number of hydrogen-bond acceptors (Lipinski definition) is 4. The molecule has 0 aliphatic carbocycles. The lowest BCUT2D eigenvalue weighted by atomic mass is 10.1. The highest BCUT2D eigenvalue weighted by atomic mass is 35.5. The van der Waals surface area contributed by atoms with Crippen LogP contribution in [0, 0.1) is 13.8 Å². The van der Waals surface area contributed by atoms with E-state index in [9.17, 15) is 8.42 Å². The molecule has 3 aromatic rings. The second kappa shape index (κ2) is 6.82. The first-order valence-corrected chi connectivity index (χ1v) is 9.40. The zero-order valence-corrected chi connectivity index (χ0v) is 15.3. The number of pyridine rings is 1. The van der Waals surface area contributed by atoms with E-state index in [1.165, 1.54) is 18.3 Å². The van der Waals surface area contributed by atoms with Crippen LogP contribution in [-0.4, -0.2) is 19.6 Å². The van der Waals surface area contributed by atoms with Crippen LogP contribution < -0.4 is 4.83 Å². The quantitative estimate of drug-likeness (QED) is 0.429. The lowest BCUT2D eigenvalue weighted by Gasteiger charge is -2.05. The molecule has 0 aliphatic rings. The van der Waals surface area contributed by atoms with Crippen LogP contribution >= 0.6 is 11.6 Å². The van der Waals surface area contributed by atoms with Gasteiger partial charge in [0.2, 0.25) is 0 Å². The van der Waals surface area contributed by atoms with Crippen molar-refractivity contribution in [2.75, 3.05) is 0 Å². The van der Waals surface area contributed by atoms with Gasteiger partial charge in [0.1, 0.15) is 5.15 Å². The fraction of sp³-hybridized carbons (Fsp3) is 0.111. The van der Waals surface area contributed by atoms with E-state index in [-0.39, 0.29) is 10.0 Å². The lowest BCUT2D eigenvalue weighted by molar-refractivity contribution is 0.584. The van der Waals surface area contributed by atoms with Crippen molar-refractivity contribution in [3.8, 4) is 0 Å². The summed E-state index contributed by atoms with van der Waals surface area (Å²) < 4.78 is 24.4. The van der Waals surface area contributed by atoms with Gasteiger partial charge in [-0.2, -0.15) is 13.5 Å². The highest BCUT2D eigenvalue weighted by Crippen LogP contribution is 2.20. The average Bonchev–Trinajstić information content (AvgIpc) is 2.56. The fourth-order valence-corrected chi connectivity index (χ4v) is 3.30. The molecule has 3 rings (SSSR count). The van der Waals surface area contributed by atoms with Gasteiger partial charge in [-0.3, -0.25) is 0 Å². The number of rotatable bonds is 4. The van der Waals surface area contributed by atoms with E-state index in [0.717, 1.165) is 22.0 Å². The number of hydrazone groups is 1. The second-order valence-electron chi connectivity index (χ2n) is 5.73. The van der Waals surface area contributed by atoms with Crippen LogP contribution in [0.3, 0.4) is 0 Å². The van der Waals surface area contributed by atoms with Gasteiger partial charge in [0, 0.05) is 10.9 Å². The highest BCUT2D eigenvalue weighted by Gasteiger charge is 2.12. The minimum atomic E-state index is -3.72. The van der Waals surface area contributed by atoms with Crippen molar-refractivity contribution < 1.29 is 8.42 Å². The molecule has 1 N–H and O–H groups in total. The standard InChI is InChI=1S/C18H16ClN3O2S/c1-12-3-6-16(7-4-12)25(23,24)22-20-11-15-10-14-9-13(2)5-8-17(14)21-18(15)19/h3-11,22H,1-2H3. The first kappa shape index (κ1) is 17.4. The summed E-state index contributed by atoms with van der Waals surface area (Å²) in [4.78, 5) is 6.63. The summed E-state index contributed by atoms with van der Waals surface area (Å²) in [5, 5.41) is 4.98. The summed E-state index contributed by atoms with van der Waals surface area (Å²) in [6.07, 6.45) is 1.35. The van der Waals surface area contributed by atoms with Crippen molar-refractivity contribution in [2.45, 2.75) is 18.7 Å². The van der Waals surface area contributed by atoms with Gasteiger partial charge in [0.25, 0.3) is 10.0 Å². The molecule has 0 atom stereocenters. The largest absolute Gasteiger partial charge is 0.276 e. The van der Waals surface area contributed by atoms with Gasteiger partial charge in [0.15, 0.2) is 0 Å². The SMILES string of the molecule is Cc1ccc(S(=O)(=O)NN=Cc2cc3cc(C)ccc3nc2Cl)cc1. The molecule has 0 radical (unpaired) electrons. The Labute approximate surface area is 151 Å². The van der Waals surface area contributed by atoms with Crippen molar-refractivity contribution >= 4 is 38.7 Å². The maximum Gasteiger partial charge on any atom is 0.276 e. The van der Waals surface area contributed by atoms with Crippen molar-refractivity contribution in [1.29, 1.82) is 0 Å². The van der Waals surface area contributed by atoms with E-state index in [0.29, 0.717) is 5.56 Å². The minimum Gasteiger partial charge on any atom is -0.235 e. The van der Waals surface area contributed by atoms with Crippen molar-refractivity contribution in [1.82, 2.24) is 9.82 Å². The summed E-state index contributed by atoms with van der Waals surface area (Å²) in [6, 6.07) is 14.1. The zero-order chi connectivity index (χ0) is 18.0. The molecule has 1 aromatic heterocycles. The molecule has 0 unspecified atom stereocenters. The van der Waals surface area contributed by atoms with Gasteiger partial charge >= 0.3 is 0 Å². The van der Waals surface area contributed by atoms with Crippen molar-refractivity contribution in [3.05, 3.63) is 70.4 Å². The maximum absolute atomic E-state index is 12.2. The summed E-state index contributed by atoms with van der Waals surface area (Å²) in [5.74, 6) is 0. The molecule has 1 heterocycles. The average molecular weight is 374 g/mol. The smallest absolute Gasteiger partial charge is 0.235 e. The van der Waals surface area contributed by atoms with Gasteiger partial charge in [-0.05, 0) is 44.2 Å². The summed E-state index contributed by atoms with van der Waals surface area (Å²) in [7, 11) is -3.72. The third-order valence-electron chi connectivity index (χ3n) is 3.66. The number of aryl methyl sites for hydroxylation is 2. The van der Waals surface area contributed by atoms with Crippen LogP contribution in [0.4, 0.5) is 0 Å². The van der Waals surface area contributed by atoms with Crippen LogP contribution in [0.15, 0.2) is 58.5 Å². The third-order valence-corrected chi connectivity index (χ3v) is 5.20. The topological polar surface area (TPSA) is 71.4 Å². The molecule has 2 aromatic carbocycles. The molecule has 128 valence electrons. The second-order valence-corrected chi connectivity index (χ2v) is 7.75. The number of nitrogens with zero attached hydrogens (tertiary/aromatic N) is 2. The fourth-order valence-electron chi connectivity index (χ4n) is 2.31. The van der Waals surface area contributed by atoms with Gasteiger partial charge in [-0.15, -0.1) is 0 Å². The predicted molar refractivity (Wildman–Crippen MR) is 101 cm³/mol. The first-order valence-electron chi connectivity index (χ1n) is 7.54. The molecular formula is C18H16ClN3O2S. The summed E-state index contributed by atoms with van der Waals surface area (Å²) in [5.41, 5.74) is 3.38. The molecule has 5 nitrogen and oxygen atoms in total. The van der Waals surface area contributed by atoms with E-state index in [1.807, 2.05) is 38.1 Å². The van der Waals surface area contributed by atoms with E-state index in [2.05, 4.69) is 14.9 Å². The van der Waals surface area contributed by atoms with Crippen LogP contribution in [-0.2, 0) is 10.0 Å². The van der Waals surface area contributed by atoms with E-state index < -0.39 is 10.0 Å². The Hall–Kier alpha value is -2.44. The minimum absolute atomic E-state index is 0.147. The lowest BCUT2D eigenvalue weighted by Crippen LogP contribution is -2.18. The Morgan fingerprint density at radius 3 is 2.44 bits per heavy atom. The summed E-state index contributed by atoms with van der Waals surface area (Å²) in [6.45, 7) is 3.87. The molecule has 0 saturated heterocycles. The number of aromatic nitrogens is 1. The maximum atomic E-state index is 12.2. The van der Waals surface area contributed by atoms with Gasteiger partial charge in [-0.1, -0.05) is 40.9 Å². The number of benzene rings is 2. The molecule has 0 bridgehead atoms. The molecule has 0 fully saturated rings. The van der Waals surface area contributed by atoms with E-state index in [4.69, 9.17) is 11.6 Å². The molecule has 7 heteroatoms. The Bertz CT molecular complexity index is 1060. The van der Waals surface area contributed by atoms with Crippen molar-refractivity contribution in [2.24, 2.45) is 5.10 Å². The molecule has 0 spiro atoms. The van der Waals surface area contributed by atoms with Crippen LogP contribution in [0.5, 0.6) is 0 Å². The Morgan fingerprint density at radius 2 is 1.72 bits per heavy atom. The van der Waals surface area contributed by atoms with Crippen LogP contribution in [0.2, 0.25) is 5.15 Å². The van der Waals surface area contributed by atoms with Gasteiger partial charge < -0.3 is 0 Å². The Balaban J connectivity index is 1.85. The number of nitrogens with one attached hydrogen (secondary N) is 1. The zero-order valence-electron chi connectivity index (χ0n) is 13.7. The molecule has 0 aliphatic heterocycles. The third kappa shape index (κ3) is 3.97. The first-order chi connectivity index (χ1) is 11.8. The Kier molecular flexibility index (Phi) is 4.74.